The molecule has 0 aliphatic rings. The molecule has 2 aromatic carbocycles. The zero-order chi connectivity index (χ0) is 14.6. The Morgan fingerprint density at radius 1 is 1.00 bits per heavy atom. The second kappa shape index (κ2) is 5.85. The minimum absolute atomic E-state index is 0.149. The number of nitrogens with two attached hydrogens (primary N) is 1. The molecule has 2 rings (SSSR count). The van der Waals surface area contributed by atoms with Gasteiger partial charge in [0.25, 0.3) is 0 Å². The Labute approximate surface area is 117 Å². The Bertz CT molecular complexity index is 695. The molecule has 1 amide bonds. The molecule has 6 heteroatoms. The molecule has 0 heterocycles. The van der Waals surface area contributed by atoms with Crippen molar-refractivity contribution >= 4 is 15.9 Å². The van der Waals surface area contributed by atoms with Crippen molar-refractivity contribution in [1.29, 1.82) is 0 Å². The van der Waals surface area contributed by atoms with E-state index in [9.17, 15) is 13.2 Å². The van der Waals surface area contributed by atoms with E-state index in [0.717, 1.165) is 5.56 Å². The summed E-state index contributed by atoms with van der Waals surface area (Å²) in [6, 6.07) is 14.6. The Balaban J connectivity index is 2.07. The van der Waals surface area contributed by atoms with Gasteiger partial charge in [0.2, 0.25) is 15.9 Å². The van der Waals surface area contributed by atoms with Gasteiger partial charge in [-0.3, -0.25) is 4.79 Å². The van der Waals surface area contributed by atoms with Gasteiger partial charge in [0.1, 0.15) is 0 Å². The fourth-order valence-electron chi connectivity index (χ4n) is 1.65. The highest BCUT2D eigenvalue weighted by molar-refractivity contribution is 7.89. The second-order valence-electron chi connectivity index (χ2n) is 4.20. The average molecular weight is 290 g/mol. The number of benzene rings is 2. The molecular weight excluding hydrogens is 276 g/mol. The average Bonchev–Trinajstić information content (AvgIpc) is 2.46. The summed E-state index contributed by atoms with van der Waals surface area (Å²) in [6.07, 6.45) is 0. The first-order valence-electron chi connectivity index (χ1n) is 5.92. The van der Waals surface area contributed by atoms with Crippen molar-refractivity contribution < 1.29 is 13.2 Å². The molecule has 104 valence electrons. The van der Waals surface area contributed by atoms with E-state index in [1.54, 1.807) is 42.5 Å². The maximum Gasteiger partial charge on any atom is 0.248 e. The van der Waals surface area contributed by atoms with Gasteiger partial charge in [-0.2, -0.15) is 0 Å². The lowest BCUT2D eigenvalue weighted by Gasteiger charge is -2.07. The number of nitrogens with one attached hydrogen (secondary N) is 1. The summed E-state index contributed by atoms with van der Waals surface area (Å²) in [6.45, 7) is 0.149. The molecule has 20 heavy (non-hydrogen) atoms. The quantitative estimate of drug-likeness (QED) is 0.869. The topological polar surface area (TPSA) is 89.3 Å². The number of primary amides is 1. The van der Waals surface area contributed by atoms with Gasteiger partial charge < -0.3 is 5.73 Å². The zero-order valence-electron chi connectivity index (χ0n) is 10.6. The number of carbonyl (C=O) groups excluding carboxylic acids is 1. The molecule has 0 aromatic heterocycles. The van der Waals surface area contributed by atoms with Crippen LogP contribution in [0.25, 0.3) is 0 Å². The van der Waals surface area contributed by atoms with Gasteiger partial charge in [-0.1, -0.05) is 30.3 Å². The molecule has 0 fully saturated rings. The van der Waals surface area contributed by atoms with E-state index in [4.69, 9.17) is 5.73 Å². The summed E-state index contributed by atoms with van der Waals surface area (Å²) in [7, 11) is -3.53. The van der Waals surface area contributed by atoms with Gasteiger partial charge in [0.15, 0.2) is 0 Å². The lowest BCUT2D eigenvalue weighted by atomic mass is 10.1. The lowest BCUT2D eigenvalue weighted by molar-refractivity contribution is 0.100. The number of sulfonamides is 1. The van der Waals surface area contributed by atoms with Gasteiger partial charge >= 0.3 is 0 Å². The van der Waals surface area contributed by atoms with E-state index < -0.39 is 15.9 Å². The van der Waals surface area contributed by atoms with Crippen molar-refractivity contribution in [3.63, 3.8) is 0 Å². The summed E-state index contributed by atoms with van der Waals surface area (Å²) < 4.78 is 26.5. The number of rotatable bonds is 5. The van der Waals surface area contributed by atoms with Gasteiger partial charge in [-0.15, -0.1) is 0 Å². The largest absolute Gasteiger partial charge is 0.366 e. The van der Waals surface area contributed by atoms with Gasteiger partial charge in [0.05, 0.1) is 4.90 Å². The lowest BCUT2D eigenvalue weighted by Crippen LogP contribution is -2.23. The standard InChI is InChI=1S/C14H14N2O3S/c15-14(17)12-8-6-11(7-9-12)10-16-20(18,19)13-4-2-1-3-5-13/h1-9,16H,10H2,(H2,15,17). The first-order valence-corrected chi connectivity index (χ1v) is 7.41. The van der Waals surface area contributed by atoms with E-state index in [1.165, 1.54) is 12.1 Å². The van der Waals surface area contributed by atoms with Crippen molar-refractivity contribution in [2.24, 2.45) is 5.73 Å². The smallest absolute Gasteiger partial charge is 0.248 e. The van der Waals surface area contributed by atoms with Gasteiger partial charge in [0, 0.05) is 12.1 Å². The van der Waals surface area contributed by atoms with Crippen molar-refractivity contribution in [2.45, 2.75) is 11.4 Å². The van der Waals surface area contributed by atoms with Crippen LogP contribution < -0.4 is 10.5 Å². The van der Waals surface area contributed by atoms with Gasteiger partial charge in [-0.25, -0.2) is 13.1 Å². The fraction of sp³-hybridized carbons (Fsp3) is 0.0714. The monoisotopic (exact) mass is 290 g/mol. The summed E-state index contributed by atoms with van der Waals surface area (Å²) in [4.78, 5) is 11.1. The van der Waals surface area contributed by atoms with Crippen LogP contribution in [0.15, 0.2) is 59.5 Å². The van der Waals surface area contributed by atoms with Crippen LogP contribution in [0.1, 0.15) is 15.9 Å². The number of amides is 1. The third-order valence-corrected chi connectivity index (χ3v) is 4.18. The Morgan fingerprint density at radius 2 is 1.60 bits per heavy atom. The maximum absolute atomic E-state index is 12.0. The predicted octanol–water partition coefficient (Wildman–Crippen LogP) is 1.26. The first-order chi connectivity index (χ1) is 9.49. The first kappa shape index (κ1) is 14.2. The molecule has 0 radical (unpaired) electrons. The van der Waals surface area contributed by atoms with Crippen LogP contribution in [0.5, 0.6) is 0 Å². The van der Waals surface area contributed by atoms with Crippen LogP contribution in [-0.4, -0.2) is 14.3 Å². The van der Waals surface area contributed by atoms with Crippen molar-refractivity contribution in [1.82, 2.24) is 4.72 Å². The highest BCUT2D eigenvalue weighted by atomic mass is 32.2. The zero-order valence-corrected chi connectivity index (χ0v) is 11.4. The van der Waals surface area contributed by atoms with Crippen molar-refractivity contribution in [3.8, 4) is 0 Å². The van der Waals surface area contributed by atoms with Crippen LogP contribution in [-0.2, 0) is 16.6 Å². The highest BCUT2D eigenvalue weighted by Crippen LogP contribution is 2.09. The van der Waals surface area contributed by atoms with Crippen LogP contribution in [0.2, 0.25) is 0 Å². The normalized spacial score (nSPS) is 11.2. The van der Waals surface area contributed by atoms with Crippen molar-refractivity contribution in [2.75, 3.05) is 0 Å². The molecule has 5 nitrogen and oxygen atoms in total. The number of hydrogen-bond donors (Lipinski definition) is 2. The minimum Gasteiger partial charge on any atom is -0.366 e. The van der Waals surface area contributed by atoms with E-state index >= 15 is 0 Å². The molecule has 2 aromatic rings. The van der Waals surface area contributed by atoms with Crippen molar-refractivity contribution in [3.05, 3.63) is 65.7 Å². The number of hydrogen-bond acceptors (Lipinski definition) is 3. The Hall–Kier alpha value is -2.18. The summed E-state index contributed by atoms with van der Waals surface area (Å²) in [5.74, 6) is -0.513. The van der Waals surface area contributed by atoms with Crippen LogP contribution in [0.4, 0.5) is 0 Å². The Morgan fingerprint density at radius 3 is 2.15 bits per heavy atom. The summed E-state index contributed by atoms with van der Waals surface area (Å²) in [5, 5.41) is 0. The third kappa shape index (κ3) is 3.43. The van der Waals surface area contributed by atoms with Crippen LogP contribution in [0.3, 0.4) is 0 Å². The molecular formula is C14H14N2O3S. The molecule has 0 saturated heterocycles. The SMILES string of the molecule is NC(=O)c1ccc(CNS(=O)(=O)c2ccccc2)cc1. The van der Waals surface area contributed by atoms with Gasteiger partial charge in [-0.05, 0) is 29.8 Å². The predicted molar refractivity (Wildman–Crippen MR) is 75.4 cm³/mol. The molecule has 0 unspecified atom stereocenters. The van der Waals surface area contributed by atoms with Crippen LogP contribution >= 0.6 is 0 Å². The molecule has 0 bridgehead atoms. The molecule has 0 spiro atoms. The summed E-state index contributed by atoms with van der Waals surface area (Å²) >= 11 is 0. The van der Waals surface area contributed by atoms with E-state index in [-0.39, 0.29) is 11.4 Å². The molecule has 0 aliphatic carbocycles. The van der Waals surface area contributed by atoms with E-state index in [2.05, 4.69) is 4.72 Å². The van der Waals surface area contributed by atoms with Crippen LogP contribution in [0, 0.1) is 0 Å². The number of carbonyl (C=O) groups is 1. The van der Waals surface area contributed by atoms with E-state index in [0.29, 0.717) is 5.56 Å². The molecule has 0 saturated carbocycles. The minimum atomic E-state index is -3.53. The fourth-order valence-corrected chi connectivity index (χ4v) is 2.69. The Kier molecular flexibility index (Phi) is 4.16. The third-order valence-electron chi connectivity index (χ3n) is 2.76. The summed E-state index contributed by atoms with van der Waals surface area (Å²) in [5.41, 5.74) is 6.27. The van der Waals surface area contributed by atoms with E-state index in [1.807, 2.05) is 0 Å². The molecule has 3 N–H and O–H groups in total. The second-order valence-corrected chi connectivity index (χ2v) is 5.97. The maximum atomic E-state index is 12.0. The molecule has 0 aliphatic heterocycles. The highest BCUT2D eigenvalue weighted by Gasteiger charge is 2.12. The molecule has 0 atom stereocenters.